The number of nitrogens with zero attached hydrogens (tertiary/aromatic N) is 4. The Morgan fingerprint density at radius 1 is 1.03 bits per heavy atom. The van der Waals surface area contributed by atoms with Gasteiger partial charge >= 0.3 is 0 Å². The van der Waals surface area contributed by atoms with Crippen LogP contribution < -0.4 is 5.32 Å². The van der Waals surface area contributed by atoms with Crippen LogP contribution >= 0.6 is 0 Å². The number of anilines is 1. The Morgan fingerprint density at radius 3 is 2.61 bits per heavy atom. The van der Waals surface area contributed by atoms with E-state index in [9.17, 15) is 15.3 Å². The van der Waals surface area contributed by atoms with Crippen LogP contribution in [0.15, 0.2) is 43.0 Å². The highest BCUT2D eigenvalue weighted by molar-refractivity contribution is 5.83. The second kappa shape index (κ2) is 8.51. The third-order valence-corrected chi connectivity index (χ3v) is 6.47. The van der Waals surface area contributed by atoms with Crippen LogP contribution in [-0.2, 0) is 4.74 Å². The van der Waals surface area contributed by atoms with E-state index in [0.29, 0.717) is 22.9 Å². The van der Waals surface area contributed by atoms with Gasteiger partial charge in [-0.15, -0.1) is 0 Å². The van der Waals surface area contributed by atoms with Crippen LogP contribution in [0.3, 0.4) is 0 Å². The molecule has 3 heterocycles. The summed E-state index contributed by atoms with van der Waals surface area (Å²) >= 11 is 0. The topological polar surface area (TPSA) is 126 Å². The molecule has 6 atom stereocenters. The Kier molecular flexibility index (Phi) is 5.58. The molecule has 0 spiro atoms. The van der Waals surface area contributed by atoms with Gasteiger partial charge in [-0.3, -0.25) is 4.57 Å². The maximum absolute atomic E-state index is 10.4. The van der Waals surface area contributed by atoms with E-state index in [2.05, 4.69) is 44.5 Å². The molecule has 5 rings (SSSR count). The lowest BCUT2D eigenvalue weighted by Crippen LogP contribution is -2.33. The van der Waals surface area contributed by atoms with Crippen molar-refractivity contribution >= 4 is 17.0 Å². The van der Waals surface area contributed by atoms with Crippen molar-refractivity contribution in [3.05, 3.63) is 48.5 Å². The summed E-state index contributed by atoms with van der Waals surface area (Å²) in [5.74, 6) is 1.03. The van der Waals surface area contributed by atoms with Crippen LogP contribution in [-0.4, -0.2) is 65.8 Å². The molecule has 0 bridgehead atoms. The summed E-state index contributed by atoms with van der Waals surface area (Å²) in [6.07, 6.45) is 3.40. The Balaban J connectivity index is 1.44. The highest BCUT2D eigenvalue weighted by atomic mass is 16.6. The Bertz CT molecular complexity index is 1030. The molecule has 2 fully saturated rings. The van der Waals surface area contributed by atoms with Crippen LogP contribution in [0.25, 0.3) is 11.2 Å². The zero-order chi connectivity index (χ0) is 21.4. The maximum atomic E-state index is 10.4. The second-order valence-electron chi connectivity index (χ2n) is 8.33. The van der Waals surface area contributed by atoms with Crippen molar-refractivity contribution in [2.45, 2.75) is 62.2 Å². The third-order valence-electron chi connectivity index (χ3n) is 6.47. The van der Waals surface area contributed by atoms with Crippen LogP contribution in [0, 0.1) is 0 Å². The number of hydrogen-bond donors (Lipinski definition) is 4. The van der Waals surface area contributed by atoms with E-state index in [1.807, 2.05) is 6.07 Å². The number of aliphatic hydroxyl groups is 3. The van der Waals surface area contributed by atoms with Crippen molar-refractivity contribution in [3.63, 3.8) is 0 Å². The SMILES string of the molecule is OC[C@H]1O[C@@H](n2cnc3c(N[C@@H]4CCCC[C@H]4c4ccccc4)ncnc32)[C@H](O)[C@@H]1O. The quantitative estimate of drug-likeness (QED) is 0.485. The first-order valence-corrected chi connectivity index (χ1v) is 10.8. The minimum atomic E-state index is -1.19. The van der Waals surface area contributed by atoms with Crippen molar-refractivity contribution in [3.8, 4) is 0 Å². The lowest BCUT2D eigenvalue weighted by molar-refractivity contribution is -0.0511. The molecule has 1 saturated carbocycles. The number of imidazole rings is 1. The molecular weight excluding hydrogens is 398 g/mol. The first-order chi connectivity index (χ1) is 15.2. The Hall–Kier alpha value is -2.59. The summed E-state index contributed by atoms with van der Waals surface area (Å²) < 4.78 is 7.23. The molecule has 164 valence electrons. The summed E-state index contributed by atoms with van der Waals surface area (Å²) in [4.78, 5) is 13.3. The predicted molar refractivity (Wildman–Crippen MR) is 113 cm³/mol. The molecule has 3 aromatic rings. The highest BCUT2D eigenvalue weighted by Gasteiger charge is 2.44. The zero-order valence-corrected chi connectivity index (χ0v) is 17.1. The van der Waals surface area contributed by atoms with Gasteiger partial charge in [-0.1, -0.05) is 43.2 Å². The molecule has 2 aromatic heterocycles. The van der Waals surface area contributed by atoms with E-state index in [0.717, 1.165) is 19.3 Å². The summed E-state index contributed by atoms with van der Waals surface area (Å²) in [5, 5.41) is 33.4. The van der Waals surface area contributed by atoms with Gasteiger partial charge in [-0.25, -0.2) is 15.0 Å². The first-order valence-electron chi connectivity index (χ1n) is 10.8. The third kappa shape index (κ3) is 3.67. The number of benzene rings is 1. The van der Waals surface area contributed by atoms with E-state index in [4.69, 9.17) is 4.74 Å². The van der Waals surface area contributed by atoms with Gasteiger partial charge < -0.3 is 25.4 Å². The molecule has 0 unspecified atom stereocenters. The lowest BCUT2D eigenvalue weighted by atomic mass is 9.80. The molecule has 0 radical (unpaired) electrons. The maximum Gasteiger partial charge on any atom is 0.167 e. The molecule has 9 nitrogen and oxygen atoms in total. The molecule has 4 N–H and O–H groups in total. The normalized spacial score (nSPS) is 31.2. The zero-order valence-electron chi connectivity index (χ0n) is 17.1. The van der Waals surface area contributed by atoms with E-state index >= 15 is 0 Å². The van der Waals surface area contributed by atoms with Gasteiger partial charge in [0.15, 0.2) is 23.2 Å². The second-order valence-corrected chi connectivity index (χ2v) is 8.33. The minimum absolute atomic E-state index is 0.230. The molecule has 1 aliphatic carbocycles. The van der Waals surface area contributed by atoms with Gasteiger partial charge in [0, 0.05) is 12.0 Å². The number of fused-ring (bicyclic) bond motifs is 1. The van der Waals surface area contributed by atoms with Crippen molar-refractivity contribution in [1.29, 1.82) is 0 Å². The van der Waals surface area contributed by atoms with E-state index in [-0.39, 0.29) is 12.6 Å². The average Bonchev–Trinajstić information content (AvgIpc) is 3.36. The summed E-state index contributed by atoms with van der Waals surface area (Å²) in [6, 6.07) is 10.8. The van der Waals surface area contributed by atoms with Gasteiger partial charge in [-0.2, -0.15) is 0 Å². The van der Waals surface area contributed by atoms with Gasteiger partial charge in [0.05, 0.1) is 12.9 Å². The van der Waals surface area contributed by atoms with Crippen LogP contribution in [0.4, 0.5) is 5.82 Å². The Labute approximate surface area is 179 Å². The molecular formula is C22H27N5O4. The monoisotopic (exact) mass is 425 g/mol. The Morgan fingerprint density at radius 2 is 1.84 bits per heavy atom. The van der Waals surface area contributed by atoms with Crippen molar-refractivity contribution in [2.75, 3.05) is 11.9 Å². The number of nitrogens with one attached hydrogen (secondary N) is 1. The van der Waals surface area contributed by atoms with Gasteiger partial charge in [-0.05, 0) is 18.4 Å². The lowest BCUT2D eigenvalue weighted by Gasteiger charge is -2.33. The fraction of sp³-hybridized carbons (Fsp3) is 0.500. The average molecular weight is 425 g/mol. The van der Waals surface area contributed by atoms with Gasteiger partial charge in [0.2, 0.25) is 0 Å². The largest absolute Gasteiger partial charge is 0.394 e. The highest BCUT2D eigenvalue weighted by Crippen LogP contribution is 2.36. The van der Waals surface area contributed by atoms with Crippen molar-refractivity contribution in [2.24, 2.45) is 0 Å². The van der Waals surface area contributed by atoms with E-state index < -0.39 is 24.5 Å². The van der Waals surface area contributed by atoms with Crippen molar-refractivity contribution < 1.29 is 20.1 Å². The number of rotatable bonds is 5. The number of ether oxygens (including phenoxy) is 1. The van der Waals surface area contributed by atoms with Crippen molar-refractivity contribution in [1.82, 2.24) is 19.5 Å². The fourth-order valence-corrected chi connectivity index (χ4v) is 4.83. The number of hydrogen-bond acceptors (Lipinski definition) is 8. The standard InChI is InChI=1S/C22H27N5O4/c28-10-16-18(29)19(30)22(31-16)27-12-25-17-20(23-11-24-21(17)27)26-15-9-5-4-8-14(15)13-6-2-1-3-7-13/h1-3,6-7,11-12,14-16,18-19,22,28-30H,4-5,8-10H2,(H,23,24,26)/t14-,15+,16+,18+,19+,22+/m0/s1. The van der Waals surface area contributed by atoms with Gasteiger partial charge in [0.25, 0.3) is 0 Å². The molecule has 31 heavy (non-hydrogen) atoms. The van der Waals surface area contributed by atoms with Crippen LogP contribution in [0.5, 0.6) is 0 Å². The fourth-order valence-electron chi connectivity index (χ4n) is 4.83. The minimum Gasteiger partial charge on any atom is -0.394 e. The molecule has 1 aliphatic heterocycles. The van der Waals surface area contributed by atoms with E-state index in [1.165, 1.54) is 24.6 Å². The smallest absolute Gasteiger partial charge is 0.167 e. The molecule has 1 aromatic carbocycles. The van der Waals surface area contributed by atoms with Crippen LogP contribution in [0.1, 0.15) is 43.4 Å². The summed E-state index contributed by atoms with van der Waals surface area (Å²) in [5.41, 5.74) is 2.40. The molecule has 2 aliphatic rings. The summed E-state index contributed by atoms with van der Waals surface area (Å²) in [7, 11) is 0. The summed E-state index contributed by atoms with van der Waals surface area (Å²) in [6.45, 7) is -0.383. The number of aliphatic hydroxyl groups excluding tert-OH is 3. The molecule has 0 amide bonds. The predicted octanol–water partition coefficient (Wildman–Crippen LogP) is 1.58. The molecule has 9 heteroatoms. The van der Waals surface area contributed by atoms with E-state index in [1.54, 1.807) is 4.57 Å². The molecule has 1 saturated heterocycles. The van der Waals surface area contributed by atoms with Gasteiger partial charge in [0.1, 0.15) is 24.6 Å². The van der Waals surface area contributed by atoms with Crippen LogP contribution in [0.2, 0.25) is 0 Å². The number of aromatic nitrogens is 4. The first kappa shape index (κ1) is 20.3.